The molecule has 0 bridgehead atoms. The van der Waals surface area contributed by atoms with Crippen molar-refractivity contribution in [2.75, 3.05) is 32.8 Å². The van der Waals surface area contributed by atoms with Crippen molar-refractivity contribution in [2.24, 2.45) is 0 Å². The number of ether oxygens (including phenoxy) is 2. The molecule has 1 N–H and O–H groups in total. The van der Waals surface area contributed by atoms with Crippen molar-refractivity contribution in [3.05, 3.63) is 22.7 Å². The molecule has 2 heterocycles. The van der Waals surface area contributed by atoms with Crippen LogP contribution < -0.4 is 14.2 Å². The summed E-state index contributed by atoms with van der Waals surface area (Å²) < 4.78 is 39.2. The van der Waals surface area contributed by atoms with Gasteiger partial charge < -0.3 is 9.47 Å². The molecule has 3 rings (SSSR count). The summed E-state index contributed by atoms with van der Waals surface area (Å²) in [6.45, 7) is 2.52. The zero-order valence-corrected chi connectivity index (χ0v) is 13.8. The van der Waals surface area contributed by atoms with Crippen LogP contribution in [0.4, 0.5) is 0 Å². The first-order chi connectivity index (χ1) is 10.6. The maximum atomic E-state index is 12.1. The molecule has 0 aromatic heterocycles. The molecule has 1 aromatic carbocycles. The standard InChI is InChI=1S/C14H19ClN2O4S/c15-12-9-11(10-13-14(12)21-8-7-20-13)3-4-16-22(18,19)17-5-1-2-6-17/h9-10,16H,1-8H2. The van der Waals surface area contributed by atoms with Gasteiger partial charge >= 0.3 is 0 Å². The van der Waals surface area contributed by atoms with Gasteiger partial charge in [-0.2, -0.15) is 12.7 Å². The normalized spacial score (nSPS) is 18.6. The lowest BCUT2D eigenvalue weighted by Gasteiger charge is -2.20. The molecule has 2 aliphatic heterocycles. The molecule has 0 atom stereocenters. The summed E-state index contributed by atoms with van der Waals surface area (Å²) in [7, 11) is -3.36. The van der Waals surface area contributed by atoms with Crippen molar-refractivity contribution in [1.29, 1.82) is 0 Å². The fourth-order valence-corrected chi connectivity index (χ4v) is 4.22. The average Bonchev–Trinajstić information content (AvgIpc) is 3.02. The van der Waals surface area contributed by atoms with Crippen molar-refractivity contribution < 1.29 is 17.9 Å². The van der Waals surface area contributed by atoms with Crippen LogP contribution in [0.1, 0.15) is 18.4 Å². The van der Waals surface area contributed by atoms with Crippen molar-refractivity contribution in [2.45, 2.75) is 19.3 Å². The van der Waals surface area contributed by atoms with E-state index in [0.717, 1.165) is 18.4 Å². The van der Waals surface area contributed by atoms with E-state index >= 15 is 0 Å². The molecule has 0 unspecified atom stereocenters. The first-order valence-electron chi connectivity index (χ1n) is 7.39. The monoisotopic (exact) mass is 346 g/mol. The van der Waals surface area contributed by atoms with Crippen LogP contribution in [0.2, 0.25) is 5.02 Å². The maximum absolute atomic E-state index is 12.1. The fourth-order valence-electron chi connectivity index (χ4n) is 2.65. The van der Waals surface area contributed by atoms with Crippen LogP contribution in [0.5, 0.6) is 11.5 Å². The molecule has 22 heavy (non-hydrogen) atoms. The Hall–Kier alpha value is -1.02. The highest BCUT2D eigenvalue weighted by atomic mass is 35.5. The Balaban J connectivity index is 1.61. The van der Waals surface area contributed by atoms with Crippen LogP contribution in [0.15, 0.2) is 12.1 Å². The van der Waals surface area contributed by atoms with Gasteiger partial charge in [-0.15, -0.1) is 0 Å². The van der Waals surface area contributed by atoms with E-state index in [-0.39, 0.29) is 0 Å². The minimum Gasteiger partial charge on any atom is -0.486 e. The fraction of sp³-hybridized carbons (Fsp3) is 0.571. The molecule has 0 amide bonds. The Morgan fingerprint density at radius 2 is 1.91 bits per heavy atom. The number of nitrogens with zero attached hydrogens (tertiary/aromatic N) is 1. The van der Waals surface area contributed by atoms with Crippen molar-refractivity contribution in [3.8, 4) is 11.5 Å². The summed E-state index contributed by atoms with van der Waals surface area (Å²) in [4.78, 5) is 0. The van der Waals surface area contributed by atoms with Crippen LogP contribution in [-0.2, 0) is 16.6 Å². The summed E-state index contributed by atoms with van der Waals surface area (Å²) >= 11 is 6.17. The summed E-state index contributed by atoms with van der Waals surface area (Å²) in [5.74, 6) is 1.19. The summed E-state index contributed by atoms with van der Waals surface area (Å²) in [5, 5.41) is 0.495. The van der Waals surface area contributed by atoms with E-state index in [1.165, 1.54) is 4.31 Å². The van der Waals surface area contributed by atoms with Gasteiger partial charge in [0.1, 0.15) is 13.2 Å². The molecule has 1 aromatic rings. The lowest BCUT2D eigenvalue weighted by Crippen LogP contribution is -2.39. The van der Waals surface area contributed by atoms with Gasteiger partial charge in [0.15, 0.2) is 11.5 Å². The number of rotatable bonds is 5. The van der Waals surface area contributed by atoms with E-state index < -0.39 is 10.2 Å². The number of fused-ring (bicyclic) bond motifs is 1. The highest BCUT2D eigenvalue weighted by Crippen LogP contribution is 2.38. The molecule has 122 valence electrons. The number of hydrogen-bond acceptors (Lipinski definition) is 4. The van der Waals surface area contributed by atoms with Gasteiger partial charge in [0.25, 0.3) is 10.2 Å². The largest absolute Gasteiger partial charge is 0.486 e. The molecule has 6 nitrogen and oxygen atoms in total. The van der Waals surface area contributed by atoms with Crippen LogP contribution in [0.3, 0.4) is 0 Å². The second-order valence-corrected chi connectivity index (χ2v) is 7.52. The Kier molecular flexibility index (Phi) is 4.77. The summed E-state index contributed by atoms with van der Waals surface area (Å²) in [6.07, 6.45) is 2.40. The Morgan fingerprint density at radius 3 is 2.68 bits per heavy atom. The van der Waals surface area contributed by atoms with Gasteiger partial charge in [-0.25, -0.2) is 4.72 Å². The zero-order chi connectivity index (χ0) is 15.6. The molecule has 1 saturated heterocycles. The van der Waals surface area contributed by atoms with E-state index in [1.807, 2.05) is 6.07 Å². The van der Waals surface area contributed by atoms with Crippen LogP contribution in [0, 0.1) is 0 Å². The van der Waals surface area contributed by atoms with E-state index in [1.54, 1.807) is 6.07 Å². The molecule has 2 aliphatic rings. The molecule has 0 saturated carbocycles. The quantitative estimate of drug-likeness (QED) is 0.879. The first-order valence-corrected chi connectivity index (χ1v) is 9.21. The lowest BCUT2D eigenvalue weighted by atomic mass is 10.1. The third-order valence-electron chi connectivity index (χ3n) is 3.76. The van der Waals surface area contributed by atoms with Gasteiger partial charge in [0, 0.05) is 19.6 Å². The van der Waals surface area contributed by atoms with E-state index in [0.29, 0.717) is 55.8 Å². The highest BCUT2D eigenvalue weighted by Gasteiger charge is 2.24. The molecule has 0 radical (unpaired) electrons. The molecule has 0 spiro atoms. The van der Waals surface area contributed by atoms with Crippen LogP contribution >= 0.6 is 11.6 Å². The number of benzene rings is 1. The van der Waals surface area contributed by atoms with Gasteiger partial charge in [-0.3, -0.25) is 0 Å². The Morgan fingerprint density at radius 1 is 1.18 bits per heavy atom. The molecular weight excluding hydrogens is 328 g/mol. The van der Waals surface area contributed by atoms with E-state index in [2.05, 4.69) is 4.72 Å². The lowest BCUT2D eigenvalue weighted by molar-refractivity contribution is 0.171. The maximum Gasteiger partial charge on any atom is 0.279 e. The molecular formula is C14H19ClN2O4S. The van der Waals surface area contributed by atoms with Crippen molar-refractivity contribution in [3.63, 3.8) is 0 Å². The van der Waals surface area contributed by atoms with Crippen LogP contribution in [0.25, 0.3) is 0 Å². The highest BCUT2D eigenvalue weighted by molar-refractivity contribution is 7.87. The SMILES string of the molecule is O=S(=O)(NCCc1cc(Cl)c2c(c1)OCCO2)N1CCCC1. The van der Waals surface area contributed by atoms with Gasteiger partial charge in [0.2, 0.25) is 0 Å². The Labute approximate surface area is 135 Å². The van der Waals surface area contributed by atoms with E-state index in [4.69, 9.17) is 21.1 Å². The summed E-state index contributed by atoms with van der Waals surface area (Å²) in [6, 6.07) is 3.64. The Bertz CT molecular complexity index is 644. The average molecular weight is 347 g/mol. The summed E-state index contributed by atoms with van der Waals surface area (Å²) in [5.41, 5.74) is 0.915. The topological polar surface area (TPSA) is 67.9 Å². The molecule has 0 aliphatic carbocycles. The number of halogens is 1. The minimum absolute atomic E-state index is 0.328. The van der Waals surface area contributed by atoms with Gasteiger partial charge in [-0.05, 0) is 37.0 Å². The van der Waals surface area contributed by atoms with Crippen molar-refractivity contribution >= 4 is 21.8 Å². The van der Waals surface area contributed by atoms with Gasteiger partial charge in [-0.1, -0.05) is 11.6 Å². The predicted octanol–water partition coefficient (Wildman–Crippen LogP) is 1.58. The predicted molar refractivity (Wildman–Crippen MR) is 83.9 cm³/mol. The minimum atomic E-state index is -3.36. The van der Waals surface area contributed by atoms with Crippen LogP contribution in [-0.4, -0.2) is 45.6 Å². The molecule has 1 fully saturated rings. The van der Waals surface area contributed by atoms with Gasteiger partial charge in [0.05, 0.1) is 5.02 Å². The number of hydrogen-bond donors (Lipinski definition) is 1. The number of nitrogens with one attached hydrogen (secondary N) is 1. The first kappa shape index (κ1) is 15.9. The molecule has 8 heteroatoms. The van der Waals surface area contributed by atoms with Crippen molar-refractivity contribution in [1.82, 2.24) is 9.03 Å². The smallest absolute Gasteiger partial charge is 0.279 e. The third kappa shape index (κ3) is 3.48. The second-order valence-electron chi connectivity index (χ2n) is 5.36. The third-order valence-corrected chi connectivity index (χ3v) is 5.65. The second kappa shape index (κ2) is 6.62. The van der Waals surface area contributed by atoms with E-state index in [9.17, 15) is 8.42 Å². The zero-order valence-electron chi connectivity index (χ0n) is 12.2.